The highest BCUT2D eigenvalue weighted by atomic mass is 16.2. The molecule has 3 amide bonds. The lowest BCUT2D eigenvalue weighted by Crippen LogP contribution is -2.33. The highest BCUT2D eigenvalue weighted by Crippen LogP contribution is 1.83. The van der Waals surface area contributed by atoms with Crippen LogP contribution in [0.1, 0.15) is 6.42 Å². The Kier molecular flexibility index (Phi) is 4.02. The average Bonchev–Trinajstić information content (AvgIpc) is 1.86. The average molecular weight is 159 g/mol. The van der Waals surface area contributed by atoms with Gasteiger partial charge in [-0.3, -0.25) is 4.79 Å². The molecule has 0 saturated carbocycles. The standard InChI is InChI=1S/C6H13N3O2/c1-9(2)5(10)3-4-8-6(7)11/h3-4H2,1-2H3,(H3,7,8,11). The molecule has 3 N–H and O–H groups in total. The van der Waals surface area contributed by atoms with Crippen molar-refractivity contribution in [3.05, 3.63) is 0 Å². The summed E-state index contributed by atoms with van der Waals surface area (Å²) in [7, 11) is 3.32. The smallest absolute Gasteiger partial charge is 0.312 e. The number of rotatable bonds is 3. The summed E-state index contributed by atoms with van der Waals surface area (Å²) < 4.78 is 0. The molecule has 0 bridgehead atoms. The van der Waals surface area contributed by atoms with Gasteiger partial charge in [0.15, 0.2) is 0 Å². The first-order valence-corrected chi connectivity index (χ1v) is 3.27. The second-order valence-corrected chi connectivity index (χ2v) is 2.33. The molecule has 0 unspecified atom stereocenters. The van der Waals surface area contributed by atoms with E-state index in [1.807, 2.05) is 0 Å². The van der Waals surface area contributed by atoms with Crippen molar-refractivity contribution < 1.29 is 9.59 Å². The summed E-state index contributed by atoms with van der Waals surface area (Å²) in [6.07, 6.45) is 0.288. The highest BCUT2D eigenvalue weighted by Gasteiger charge is 2.02. The topological polar surface area (TPSA) is 75.4 Å². The van der Waals surface area contributed by atoms with Crippen LogP contribution < -0.4 is 11.1 Å². The maximum absolute atomic E-state index is 10.9. The molecule has 5 heteroatoms. The number of nitrogens with zero attached hydrogens (tertiary/aromatic N) is 1. The van der Waals surface area contributed by atoms with Gasteiger partial charge < -0.3 is 16.0 Å². The minimum Gasteiger partial charge on any atom is -0.352 e. The molecule has 0 aromatic rings. The molecule has 0 aromatic heterocycles. The molecule has 0 atom stereocenters. The van der Waals surface area contributed by atoms with Gasteiger partial charge in [-0.25, -0.2) is 4.79 Å². The Bertz CT molecular complexity index is 156. The quantitative estimate of drug-likeness (QED) is 0.561. The molecule has 0 radical (unpaired) electrons. The highest BCUT2D eigenvalue weighted by molar-refractivity contribution is 5.77. The van der Waals surface area contributed by atoms with Crippen LogP contribution in [0.3, 0.4) is 0 Å². The molecule has 0 aromatic carbocycles. The van der Waals surface area contributed by atoms with Crippen molar-refractivity contribution in [1.29, 1.82) is 0 Å². The van der Waals surface area contributed by atoms with Crippen molar-refractivity contribution in [1.82, 2.24) is 10.2 Å². The molecule has 0 heterocycles. The van der Waals surface area contributed by atoms with Crippen molar-refractivity contribution in [2.45, 2.75) is 6.42 Å². The number of nitrogens with one attached hydrogen (secondary N) is 1. The molecule has 0 aliphatic rings. The van der Waals surface area contributed by atoms with Crippen LogP contribution in [0.5, 0.6) is 0 Å². The molecule has 0 spiro atoms. The molecule has 0 aliphatic carbocycles. The van der Waals surface area contributed by atoms with E-state index in [0.29, 0.717) is 6.54 Å². The van der Waals surface area contributed by atoms with Gasteiger partial charge in [-0.05, 0) is 0 Å². The van der Waals surface area contributed by atoms with E-state index in [1.54, 1.807) is 14.1 Å². The van der Waals surface area contributed by atoms with Gasteiger partial charge in [-0.15, -0.1) is 0 Å². The number of carbonyl (C=O) groups is 2. The number of primary amides is 1. The zero-order valence-electron chi connectivity index (χ0n) is 6.76. The van der Waals surface area contributed by atoms with E-state index in [0.717, 1.165) is 0 Å². The minimum atomic E-state index is -0.600. The molecule has 0 saturated heterocycles. The van der Waals surface area contributed by atoms with E-state index in [-0.39, 0.29) is 12.3 Å². The summed E-state index contributed by atoms with van der Waals surface area (Å²) in [6.45, 7) is 0.298. The minimum absolute atomic E-state index is 0.0289. The zero-order valence-corrected chi connectivity index (χ0v) is 6.76. The first kappa shape index (κ1) is 9.74. The summed E-state index contributed by atoms with van der Waals surface area (Å²) in [5.74, 6) is -0.0289. The van der Waals surface area contributed by atoms with E-state index in [1.165, 1.54) is 4.90 Å². The number of hydrogen-bond donors (Lipinski definition) is 2. The molecule has 0 rings (SSSR count). The van der Waals surface area contributed by atoms with Crippen LogP contribution in [0.25, 0.3) is 0 Å². The van der Waals surface area contributed by atoms with Crippen LogP contribution in [0.15, 0.2) is 0 Å². The second-order valence-electron chi connectivity index (χ2n) is 2.33. The lowest BCUT2D eigenvalue weighted by Gasteiger charge is -2.09. The van der Waals surface area contributed by atoms with Crippen molar-refractivity contribution in [3.63, 3.8) is 0 Å². The van der Waals surface area contributed by atoms with Gasteiger partial charge in [0.25, 0.3) is 0 Å². The van der Waals surface area contributed by atoms with Crippen molar-refractivity contribution in [2.75, 3.05) is 20.6 Å². The van der Waals surface area contributed by atoms with E-state index in [4.69, 9.17) is 5.73 Å². The Hall–Kier alpha value is -1.26. The Morgan fingerprint density at radius 1 is 1.45 bits per heavy atom. The molecular weight excluding hydrogens is 146 g/mol. The monoisotopic (exact) mass is 159 g/mol. The third-order valence-corrected chi connectivity index (χ3v) is 1.14. The van der Waals surface area contributed by atoms with E-state index >= 15 is 0 Å². The van der Waals surface area contributed by atoms with Gasteiger partial charge in [-0.2, -0.15) is 0 Å². The fraction of sp³-hybridized carbons (Fsp3) is 0.667. The van der Waals surface area contributed by atoms with Gasteiger partial charge >= 0.3 is 6.03 Å². The maximum atomic E-state index is 10.9. The lowest BCUT2D eigenvalue weighted by molar-refractivity contribution is -0.128. The van der Waals surface area contributed by atoms with E-state index < -0.39 is 6.03 Å². The van der Waals surface area contributed by atoms with Crippen LogP contribution in [0.4, 0.5) is 4.79 Å². The Morgan fingerprint density at radius 2 is 2.00 bits per heavy atom. The third kappa shape index (κ3) is 5.20. The van der Waals surface area contributed by atoms with Gasteiger partial charge in [0.05, 0.1) is 0 Å². The number of urea groups is 1. The summed E-state index contributed by atoms with van der Waals surface area (Å²) in [4.78, 5) is 22.5. The van der Waals surface area contributed by atoms with Gasteiger partial charge in [0.2, 0.25) is 5.91 Å². The normalized spacial score (nSPS) is 8.91. The molecule has 64 valence electrons. The number of hydrogen-bond acceptors (Lipinski definition) is 2. The predicted octanol–water partition coefficient (Wildman–Crippen LogP) is -0.867. The Labute approximate surface area is 65.5 Å². The maximum Gasteiger partial charge on any atom is 0.312 e. The third-order valence-electron chi connectivity index (χ3n) is 1.14. The van der Waals surface area contributed by atoms with Gasteiger partial charge in [0.1, 0.15) is 0 Å². The fourth-order valence-electron chi connectivity index (χ4n) is 0.516. The summed E-state index contributed by atoms with van der Waals surface area (Å²) in [5, 5.41) is 2.32. The number of carbonyl (C=O) groups excluding carboxylic acids is 2. The Morgan fingerprint density at radius 3 is 2.36 bits per heavy atom. The summed E-state index contributed by atoms with van der Waals surface area (Å²) in [6, 6.07) is -0.600. The largest absolute Gasteiger partial charge is 0.352 e. The SMILES string of the molecule is CN(C)C(=O)CCNC(N)=O. The lowest BCUT2D eigenvalue weighted by atomic mass is 10.4. The number of nitrogens with two attached hydrogens (primary N) is 1. The van der Waals surface area contributed by atoms with E-state index in [2.05, 4.69) is 5.32 Å². The summed E-state index contributed by atoms with van der Waals surface area (Å²) in [5.41, 5.74) is 4.78. The molecule has 5 nitrogen and oxygen atoms in total. The van der Waals surface area contributed by atoms with Crippen molar-refractivity contribution in [2.24, 2.45) is 5.73 Å². The van der Waals surface area contributed by atoms with E-state index in [9.17, 15) is 9.59 Å². The van der Waals surface area contributed by atoms with Crippen LogP contribution in [-0.4, -0.2) is 37.5 Å². The van der Waals surface area contributed by atoms with Crippen molar-refractivity contribution in [3.8, 4) is 0 Å². The first-order chi connectivity index (χ1) is 5.04. The van der Waals surface area contributed by atoms with Crippen LogP contribution >= 0.6 is 0 Å². The molecule has 0 fully saturated rings. The number of amides is 3. The van der Waals surface area contributed by atoms with Crippen LogP contribution in [0.2, 0.25) is 0 Å². The van der Waals surface area contributed by atoms with Crippen LogP contribution in [0, 0.1) is 0 Å². The predicted molar refractivity (Wildman–Crippen MR) is 40.9 cm³/mol. The molecule has 11 heavy (non-hydrogen) atoms. The summed E-state index contributed by atoms with van der Waals surface area (Å²) >= 11 is 0. The van der Waals surface area contributed by atoms with Crippen LogP contribution in [-0.2, 0) is 4.79 Å². The second kappa shape index (κ2) is 4.54. The molecular formula is C6H13N3O2. The zero-order chi connectivity index (χ0) is 8.85. The first-order valence-electron chi connectivity index (χ1n) is 3.27. The molecule has 0 aliphatic heterocycles. The van der Waals surface area contributed by atoms with Gasteiger partial charge in [0, 0.05) is 27.1 Å². The van der Waals surface area contributed by atoms with Gasteiger partial charge in [-0.1, -0.05) is 0 Å². The van der Waals surface area contributed by atoms with Crippen molar-refractivity contribution >= 4 is 11.9 Å². The Balaban J connectivity index is 3.39. The fourth-order valence-corrected chi connectivity index (χ4v) is 0.516.